The maximum absolute atomic E-state index is 6.67. The van der Waals surface area contributed by atoms with Crippen molar-refractivity contribution in [1.29, 1.82) is 0 Å². The molecule has 15 aromatic rings. The zero-order chi connectivity index (χ0) is 51.7. The van der Waals surface area contributed by atoms with E-state index in [4.69, 9.17) is 4.42 Å². The third kappa shape index (κ3) is 6.30. The summed E-state index contributed by atoms with van der Waals surface area (Å²) in [5.74, 6) is 0. The molecule has 0 fully saturated rings. The van der Waals surface area contributed by atoms with E-state index in [1.807, 2.05) is 0 Å². The van der Waals surface area contributed by atoms with Gasteiger partial charge in [0.1, 0.15) is 11.2 Å². The minimum absolute atomic E-state index is 0.179. The highest BCUT2D eigenvalue weighted by atomic mass is 16.3. The van der Waals surface area contributed by atoms with Crippen LogP contribution >= 0.6 is 0 Å². The lowest BCUT2D eigenvalue weighted by molar-refractivity contribution is 0.669. The van der Waals surface area contributed by atoms with Crippen molar-refractivity contribution < 1.29 is 4.42 Å². The van der Waals surface area contributed by atoms with E-state index in [1.54, 1.807) is 0 Å². The van der Waals surface area contributed by atoms with Gasteiger partial charge in [-0.05, 0) is 132 Å². The van der Waals surface area contributed by atoms with Crippen LogP contribution in [0.3, 0.4) is 0 Å². The fraction of sp³-hybridized carbons (Fsp3) is 0. The number of hydrogen-bond donors (Lipinski definition) is 0. The number of benzene rings is 12. The maximum Gasteiger partial charge on any atom is 0.252 e. The summed E-state index contributed by atoms with van der Waals surface area (Å²) in [6.45, 7) is -0.179. The lowest BCUT2D eigenvalue weighted by Gasteiger charge is -2.45. The summed E-state index contributed by atoms with van der Waals surface area (Å²) < 4.78 is 11.6. The number of anilines is 9. The van der Waals surface area contributed by atoms with E-state index in [9.17, 15) is 0 Å². The third-order valence-corrected chi connectivity index (χ3v) is 16.6. The Bertz CT molecular complexity index is 4690. The molecule has 0 spiro atoms. The van der Waals surface area contributed by atoms with Crippen LogP contribution in [0.1, 0.15) is 0 Å². The Balaban J connectivity index is 1.07. The molecule has 368 valence electrons. The second kappa shape index (κ2) is 17.0. The largest absolute Gasteiger partial charge is 0.456 e. The number of aromatic nitrogens is 2. The standard InChI is InChI=1S/C72H46BN5O/c1-6-23-47(24-7-1)74(60-38-22-40-66-67(60)55-35-18-21-39-65(55)79-66)52-45-63-70-64(46-52)78(51-31-14-5-15-32-51)72-57(42-44-62-69(72)54-34-17-20-37-59(54)76(62)49-27-10-3-11-28-49)73(70)56-41-43-61-68(71(56)77(63)50-29-12-4-13-30-50)53-33-16-19-36-58(53)75(61)48-25-8-2-9-26-48/h1-46H. The van der Waals surface area contributed by atoms with Crippen LogP contribution in [-0.2, 0) is 0 Å². The monoisotopic (exact) mass is 1010 g/mol. The molecule has 0 bridgehead atoms. The van der Waals surface area contributed by atoms with E-state index in [-0.39, 0.29) is 6.71 Å². The van der Waals surface area contributed by atoms with E-state index in [1.165, 1.54) is 49.3 Å². The number of para-hydroxylation sites is 8. The van der Waals surface area contributed by atoms with Crippen LogP contribution in [0, 0.1) is 0 Å². The molecule has 2 aliphatic heterocycles. The van der Waals surface area contributed by atoms with Crippen molar-refractivity contribution in [3.05, 3.63) is 279 Å². The van der Waals surface area contributed by atoms with Crippen LogP contribution in [0.2, 0.25) is 0 Å². The fourth-order valence-corrected chi connectivity index (χ4v) is 13.5. The summed E-state index contributed by atoms with van der Waals surface area (Å²) in [5.41, 5.74) is 22.2. The van der Waals surface area contributed by atoms with Gasteiger partial charge < -0.3 is 28.3 Å². The summed E-state index contributed by atoms with van der Waals surface area (Å²) in [4.78, 5) is 7.63. The van der Waals surface area contributed by atoms with Gasteiger partial charge in [-0.15, -0.1) is 0 Å². The van der Waals surface area contributed by atoms with Gasteiger partial charge in [0.25, 0.3) is 6.71 Å². The smallest absolute Gasteiger partial charge is 0.252 e. The Hall–Kier alpha value is -10.5. The molecule has 0 unspecified atom stereocenters. The van der Waals surface area contributed by atoms with Crippen LogP contribution in [-0.4, -0.2) is 15.8 Å². The third-order valence-electron chi connectivity index (χ3n) is 16.6. The Morgan fingerprint density at radius 3 is 1.27 bits per heavy atom. The molecule has 0 amide bonds. The molecular weight excluding hydrogens is 962 g/mol. The highest BCUT2D eigenvalue weighted by Crippen LogP contribution is 2.53. The van der Waals surface area contributed by atoms with Crippen molar-refractivity contribution in [3.8, 4) is 11.4 Å². The number of nitrogens with zero attached hydrogens (tertiary/aromatic N) is 5. The average Bonchev–Trinajstić information content (AvgIpc) is 4.28. The van der Waals surface area contributed by atoms with E-state index in [0.29, 0.717) is 0 Å². The Morgan fingerprint density at radius 1 is 0.316 bits per heavy atom. The summed E-state index contributed by atoms with van der Waals surface area (Å²) in [7, 11) is 0. The highest BCUT2D eigenvalue weighted by Gasteiger charge is 2.46. The highest BCUT2D eigenvalue weighted by molar-refractivity contribution is 7.01. The molecule has 5 heterocycles. The van der Waals surface area contributed by atoms with Gasteiger partial charge >= 0.3 is 0 Å². The van der Waals surface area contributed by atoms with Crippen molar-refractivity contribution in [1.82, 2.24) is 9.13 Å². The fourth-order valence-electron chi connectivity index (χ4n) is 13.5. The van der Waals surface area contributed by atoms with E-state index < -0.39 is 0 Å². The van der Waals surface area contributed by atoms with Gasteiger partial charge in [-0.3, -0.25) is 0 Å². The van der Waals surface area contributed by atoms with Gasteiger partial charge in [0.05, 0.1) is 50.2 Å². The summed E-state index contributed by atoms with van der Waals surface area (Å²) >= 11 is 0. The number of hydrogen-bond acceptors (Lipinski definition) is 4. The Labute approximate surface area is 456 Å². The molecule has 6 nitrogen and oxygen atoms in total. The minimum Gasteiger partial charge on any atom is -0.456 e. The van der Waals surface area contributed by atoms with Gasteiger partial charge in [-0.2, -0.15) is 0 Å². The SMILES string of the molecule is c1ccc(N(c2cc3c4c(c2)N(c2ccccc2)c2c(ccc5c2c2ccccc2n5-c2ccccc2)B4c2ccc4c(c2N3c2ccccc2)c2ccccc2n4-c2ccccc2)c2cccc3oc4ccccc4c23)cc1. The average molecular weight is 1010 g/mol. The summed E-state index contributed by atoms with van der Waals surface area (Å²) in [6, 6.07) is 102. The molecule has 12 aromatic carbocycles. The first-order chi connectivity index (χ1) is 39.3. The van der Waals surface area contributed by atoms with Gasteiger partial charge in [0.15, 0.2) is 0 Å². The molecule has 2 aliphatic rings. The van der Waals surface area contributed by atoms with Crippen molar-refractivity contribution in [3.63, 3.8) is 0 Å². The molecule has 0 atom stereocenters. The number of fused-ring (bicyclic) bond motifs is 15. The van der Waals surface area contributed by atoms with Crippen molar-refractivity contribution in [2.24, 2.45) is 0 Å². The molecule has 0 N–H and O–H groups in total. The predicted octanol–water partition coefficient (Wildman–Crippen LogP) is 17.3. The number of rotatable bonds is 7. The van der Waals surface area contributed by atoms with E-state index in [2.05, 4.69) is 303 Å². The molecular formula is C72H46BN5O. The quantitative estimate of drug-likeness (QED) is 0.149. The van der Waals surface area contributed by atoms with Crippen LogP contribution in [0.15, 0.2) is 283 Å². The molecule has 17 rings (SSSR count). The normalized spacial score (nSPS) is 12.7. The van der Waals surface area contributed by atoms with Crippen molar-refractivity contribution >= 4 is 140 Å². The second-order valence-corrected chi connectivity index (χ2v) is 20.8. The molecule has 0 aliphatic carbocycles. The molecule has 7 heteroatoms. The van der Waals surface area contributed by atoms with Crippen LogP contribution in [0.5, 0.6) is 0 Å². The van der Waals surface area contributed by atoms with E-state index >= 15 is 0 Å². The van der Waals surface area contributed by atoms with Crippen LogP contribution < -0.4 is 31.1 Å². The first-order valence-corrected chi connectivity index (χ1v) is 27.1. The second-order valence-electron chi connectivity index (χ2n) is 20.8. The summed E-state index contributed by atoms with van der Waals surface area (Å²) in [6.07, 6.45) is 0. The molecule has 0 saturated heterocycles. The van der Waals surface area contributed by atoms with Gasteiger partial charge in [0.2, 0.25) is 0 Å². The van der Waals surface area contributed by atoms with Crippen molar-refractivity contribution in [2.75, 3.05) is 14.7 Å². The molecule has 3 aromatic heterocycles. The van der Waals surface area contributed by atoms with Crippen LogP contribution in [0.4, 0.5) is 51.2 Å². The maximum atomic E-state index is 6.67. The minimum atomic E-state index is -0.179. The lowest BCUT2D eigenvalue weighted by atomic mass is 9.33. The number of furan rings is 1. The Kier molecular flexibility index (Phi) is 9.41. The lowest BCUT2D eigenvalue weighted by Crippen LogP contribution is -2.61. The summed E-state index contributed by atoms with van der Waals surface area (Å²) in [5, 5.41) is 6.96. The molecule has 0 radical (unpaired) electrons. The molecule has 79 heavy (non-hydrogen) atoms. The molecule has 0 saturated carbocycles. The van der Waals surface area contributed by atoms with Crippen molar-refractivity contribution in [2.45, 2.75) is 0 Å². The first kappa shape index (κ1) is 43.7. The predicted molar refractivity (Wildman–Crippen MR) is 331 cm³/mol. The Morgan fingerprint density at radius 2 is 0.747 bits per heavy atom. The van der Waals surface area contributed by atoms with E-state index in [0.717, 1.165) is 95.2 Å². The zero-order valence-electron chi connectivity index (χ0n) is 42.8. The first-order valence-electron chi connectivity index (χ1n) is 27.1. The van der Waals surface area contributed by atoms with Gasteiger partial charge in [-0.25, -0.2) is 0 Å². The van der Waals surface area contributed by atoms with Gasteiger partial charge in [0, 0.05) is 66.7 Å². The topological polar surface area (TPSA) is 32.7 Å². The van der Waals surface area contributed by atoms with Gasteiger partial charge in [-0.1, -0.05) is 164 Å². The van der Waals surface area contributed by atoms with Crippen LogP contribution in [0.25, 0.3) is 76.9 Å². The zero-order valence-corrected chi connectivity index (χ0v) is 42.8.